The highest BCUT2D eigenvalue weighted by Crippen LogP contribution is 2.43. The van der Waals surface area contributed by atoms with Crippen molar-refractivity contribution in [3.05, 3.63) is 29.8 Å². The fourth-order valence-corrected chi connectivity index (χ4v) is 4.17. The van der Waals surface area contributed by atoms with Crippen molar-refractivity contribution >= 4 is 23.6 Å². The number of carboxylic acid groups (broad SMARTS) is 1. The first kappa shape index (κ1) is 25.3. The van der Waals surface area contributed by atoms with Crippen LogP contribution >= 0.6 is 11.8 Å². The van der Waals surface area contributed by atoms with Crippen molar-refractivity contribution in [2.45, 2.75) is 60.6 Å². The number of nitrogens with one attached hydrogen (secondary N) is 1. The van der Waals surface area contributed by atoms with Crippen molar-refractivity contribution in [3.8, 4) is 0 Å². The summed E-state index contributed by atoms with van der Waals surface area (Å²) in [5.41, 5.74) is 0.960. The molecule has 1 amide bonds. The maximum absolute atomic E-state index is 12.0. The molecule has 0 bridgehead atoms. The van der Waals surface area contributed by atoms with Crippen LogP contribution in [-0.4, -0.2) is 74.3 Å². The number of ether oxygens (including phenoxy) is 1. The zero-order valence-corrected chi connectivity index (χ0v) is 17.3. The van der Waals surface area contributed by atoms with Gasteiger partial charge in [-0.15, -0.1) is 0 Å². The van der Waals surface area contributed by atoms with Gasteiger partial charge in [-0.05, 0) is 19.1 Å². The van der Waals surface area contributed by atoms with Gasteiger partial charge in [0.25, 0.3) is 0 Å². The quantitative estimate of drug-likeness (QED) is 0.290. The minimum atomic E-state index is -2.08. The molecule has 11 heteroatoms. The molecule has 2 rings (SSSR count). The Morgan fingerprint density at radius 3 is 2.41 bits per heavy atom. The standard InChI is InChI=1S/C18H25NO8S.H3N/c1-9-3-5-11(6-4-9)28-18(17(25)26)7-12(22)14(19-10(2)21)16(27-18)15(24)13(23)8-20;/h3-6,12-16,20,22-24H,7-8H2,1-2H3,(H,19,21)(H,25,26);1H3/t12-,13+,14+,15+,16+,18-;/m0./s1. The maximum atomic E-state index is 12.0. The Labute approximate surface area is 172 Å². The average molecular weight is 432 g/mol. The van der Waals surface area contributed by atoms with E-state index in [1.165, 1.54) is 6.92 Å². The summed E-state index contributed by atoms with van der Waals surface area (Å²) in [5.74, 6) is -2.18. The molecule has 0 spiro atoms. The van der Waals surface area contributed by atoms with Gasteiger partial charge in [-0.25, -0.2) is 0 Å². The molecule has 1 heterocycles. The Bertz CT molecular complexity index is 704. The number of rotatable bonds is 7. The summed E-state index contributed by atoms with van der Waals surface area (Å²) in [6.07, 6.45) is -6.80. The first-order valence-electron chi connectivity index (χ1n) is 8.66. The van der Waals surface area contributed by atoms with E-state index in [1.54, 1.807) is 24.3 Å². The van der Waals surface area contributed by atoms with Gasteiger partial charge >= 0.3 is 0 Å². The van der Waals surface area contributed by atoms with E-state index in [-0.39, 0.29) is 6.15 Å². The number of hydrogen-bond acceptors (Lipinski definition) is 9. The van der Waals surface area contributed by atoms with Crippen molar-refractivity contribution in [2.75, 3.05) is 6.61 Å². The van der Waals surface area contributed by atoms with Crippen molar-refractivity contribution in [3.63, 3.8) is 0 Å². The molecule has 0 radical (unpaired) electrons. The number of carboxylic acids is 1. The zero-order valence-electron chi connectivity index (χ0n) is 16.4. The Kier molecular flexibility index (Phi) is 9.03. The van der Waals surface area contributed by atoms with Crippen molar-refractivity contribution < 1.29 is 39.9 Å². The fourth-order valence-electron chi connectivity index (χ4n) is 3.02. The lowest BCUT2D eigenvalue weighted by Crippen LogP contribution is -2.67. The van der Waals surface area contributed by atoms with Gasteiger partial charge in [-0.1, -0.05) is 29.5 Å². The predicted octanol–water partition coefficient (Wildman–Crippen LogP) is -1.72. The van der Waals surface area contributed by atoms with E-state index in [2.05, 4.69) is 5.32 Å². The number of thioether (sulfide) groups is 1. The molecule has 9 N–H and O–H groups in total. The van der Waals surface area contributed by atoms with E-state index < -0.39 is 60.3 Å². The highest BCUT2D eigenvalue weighted by Gasteiger charge is 2.52. The second kappa shape index (κ2) is 10.3. The Balaban J connectivity index is 0.00000420. The lowest BCUT2D eigenvalue weighted by Gasteiger charge is -2.49. The number of hydrogen-bond donors (Lipinski definition) is 6. The van der Waals surface area contributed by atoms with E-state index >= 15 is 0 Å². The van der Waals surface area contributed by atoms with Crippen LogP contribution in [0.2, 0.25) is 0 Å². The van der Waals surface area contributed by atoms with Crippen molar-refractivity contribution in [1.29, 1.82) is 0 Å². The van der Waals surface area contributed by atoms with Gasteiger partial charge in [0.05, 0.1) is 24.7 Å². The molecule has 1 fully saturated rings. The number of amides is 1. The van der Waals surface area contributed by atoms with Gasteiger partial charge in [0.1, 0.15) is 18.3 Å². The van der Waals surface area contributed by atoms with Crippen LogP contribution in [-0.2, 0) is 14.3 Å². The average Bonchev–Trinajstić information content (AvgIpc) is 2.64. The molecule has 1 aliphatic heterocycles. The lowest BCUT2D eigenvalue weighted by atomic mass is 9.90. The number of aryl methyl sites for hydroxylation is 1. The monoisotopic (exact) mass is 432 g/mol. The third kappa shape index (κ3) is 5.89. The highest BCUT2D eigenvalue weighted by atomic mass is 32.2. The third-order valence-electron chi connectivity index (χ3n) is 4.48. The van der Waals surface area contributed by atoms with Crippen LogP contribution in [0.5, 0.6) is 0 Å². The van der Waals surface area contributed by atoms with Crippen LogP contribution in [0.3, 0.4) is 0 Å². The molecule has 1 aliphatic rings. The molecule has 0 aromatic heterocycles. The van der Waals surface area contributed by atoms with Gasteiger partial charge in [-0.3, -0.25) is 4.79 Å². The van der Waals surface area contributed by atoms with E-state index in [4.69, 9.17) is 9.84 Å². The Morgan fingerprint density at radius 1 is 1.34 bits per heavy atom. The molecule has 0 saturated carbocycles. The Morgan fingerprint density at radius 2 is 1.93 bits per heavy atom. The minimum Gasteiger partial charge on any atom is -0.546 e. The van der Waals surface area contributed by atoms with E-state index in [0.29, 0.717) is 4.90 Å². The molecule has 1 aromatic carbocycles. The van der Waals surface area contributed by atoms with Crippen LogP contribution in [0, 0.1) is 6.92 Å². The second-order valence-corrected chi connectivity index (χ2v) is 8.11. The number of aliphatic hydroxyl groups excluding tert-OH is 4. The largest absolute Gasteiger partial charge is 0.546 e. The van der Waals surface area contributed by atoms with Gasteiger partial charge < -0.3 is 46.5 Å². The third-order valence-corrected chi connectivity index (χ3v) is 5.74. The number of carbonyl (C=O) groups excluding carboxylic acids is 2. The maximum Gasteiger partial charge on any atom is 0.217 e. The number of aliphatic carboxylic acids is 1. The molecule has 1 aromatic rings. The van der Waals surface area contributed by atoms with E-state index in [9.17, 15) is 30.0 Å². The van der Waals surface area contributed by atoms with Crippen molar-refractivity contribution in [1.82, 2.24) is 11.5 Å². The van der Waals surface area contributed by atoms with Crippen LogP contribution in [0.1, 0.15) is 18.9 Å². The zero-order chi connectivity index (χ0) is 21.1. The van der Waals surface area contributed by atoms with Gasteiger partial charge in [0.15, 0.2) is 4.93 Å². The lowest BCUT2D eigenvalue weighted by molar-refractivity contribution is -0.329. The van der Waals surface area contributed by atoms with Crippen LogP contribution in [0.4, 0.5) is 0 Å². The summed E-state index contributed by atoms with van der Waals surface area (Å²) >= 11 is 0.782. The summed E-state index contributed by atoms with van der Waals surface area (Å²) < 4.78 is 5.64. The molecule has 0 aliphatic carbocycles. The Hall–Kier alpha value is -1.73. The number of aliphatic hydroxyl groups is 4. The van der Waals surface area contributed by atoms with E-state index in [0.717, 1.165) is 17.3 Å². The molecule has 164 valence electrons. The molecule has 6 atom stereocenters. The first-order valence-corrected chi connectivity index (χ1v) is 9.48. The molecular weight excluding hydrogens is 404 g/mol. The summed E-state index contributed by atoms with van der Waals surface area (Å²) in [6.45, 7) is 2.22. The summed E-state index contributed by atoms with van der Waals surface area (Å²) in [5, 5.41) is 54.2. The topological polar surface area (TPSA) is 196 Å². The predicted molar refractivity (Wildman–Crippen MR) is 103 cm³/mol. The number of carbonyl (C=O) groups is 2. The second-order valence-electron chi connectivity index (χ2n) is 6.78. The highest BCUT2D eigenvalue weighted by molar-refractivity contribution is 8.01. The molecule has 1 saturated heterocycles. The summed E-state index contributed by atoms with van der Waals surface area (Å²) in [7, 11) is 0. The van der Waals surface area contributed by atoms with Crippen LogP contribution in [0.15, 0.2) is 29.2 Å². The first-order chi connectivity index (χ1) is 13.1. The fraction of sp³-hybridized carbons (Fsp3) is 0.556. The van der Waals surface area contributed by atoms with Gasteiger partial charge in [-0.2, -0.15) is 0 Å². The van der Waals surface area contributed by atoms with Crippen molar-refractivity contribution in [2.24, 2.45) is 0 Å². The molecular formula is C18H28N2O8S. The SMILES string of the molecule is CC(=O)N[C@H]1[C@H]([C@H](O)[C@H](O)CO)O[C@@](Sc2ccc(C)cc2)(C(=O)[O-])C[C@@H]1O.[NH4+]. The van der Waals surface area contributed by atoms with Gasteiger partial charge in [0, 0.05) is 18.2 Å². The summed E-state index contributed by atoms with van der Waals surface area (Å²) in [6, 6.07) is 5.70. The molecule has 10 nitrogen and oxygen atoms in total. The van der Waals surface area contributed by atoms with E-state index in [1.807, 2.05) is 6.92 Å². The summed E-state index contributed by atoms with van der Waals surface area (Å²) in [4.78, 5) is 21.9. The smallest absolute Gasteiger partial charge is 0.217 e. The van der Waals surface area contributed by atoms with Crippen LogP contribution in [0.25, 0.3) is 0 Å². The number of benzene rings is 1. The number of quaternary nitrogens is 1. The van der Waals surface area contributed by atoms with Gasteiger partial charge in [0.2, 0.25) is 5.91 Å². The molecule has 29 heavy (non-hydrogen) atoms. The molecule has 0 unspecified atom stereocenters. The minimum absolute atomic E-state index is 0. The normalized spacial score (nSPS) is 28.7. The van der Waals surface area contributed by atoms with Crippen LogP contribution < -0.4 is 16.6 Å².